The number of halogens is 2. The zero-order valence-corrected chi connectivity index (χ0v) is 11.1. The highest BCUT2D eigenvalue weighted by molar-refractivity contribution is 6.17. The summed E-state index contributed by atoms with van der Waals surface area (Å²) in [6.45, 7) is 0. The van der Waals surface area contributed by atoms with Gasteiger partial charge in [-0.1, -0.05) is 6.07 Å². The van der Waals surface area contributed by atoms with E-state index in [-0.39, 0.29) is 11.7 Å². The molecule has 98 valence electrons. The molecule has 0 N–H and O–H groups in total. The van der Waals surface area contributed by atoms with Gasteiger partial charge >= 0.3 is 0 Å². The number of nitriles is 1. The topological polar surface area (TPSA) is 41.6 Å². The number of para-hydroxylation sites is 1. The van der Waals surface area contributed by atoms with E-state index in [0.29, 0.717) is 16.9 Å². The Bertz CT molecular complexity index is 815. The van der Waals surface area contributed by atoms with Crippen LogP contribution < -0.4 is 0 Å². The molecule has 20 heavy (non-hydrogen) atoms. The molecular weight excluding hydrogens is 277 g/mol. The van der Waals surface area contributed by atoms with Gasteiger partial charge in [0.1, 0.15) is 23.2 Å². The van der Waals surface area contributed by atoms with Crippen molar-refractivity contribution in [3.05, 3.63) is 59.7 Å². The van der Waals surface area contributed by atoms with Gasteiger partial charge in [0.25, 0.3) is 0 Å². The number of benzene rings is 2. The third-order valence-corrected chi connectivity index (χ3v) is 3.32. The van der Waals surface area contributed by atoms with Gasteiger partial charge in [0.05, 0.1) is 17.0 Å². The summed E-state index contributed by atoms with van der Waals surface area (Å²) in [6, 6.07) is 13.6. The lowest BCUT2D eigenvalue weighted by molar-refractivity contribution is 0.627. The number of imidazole rings is 1. The van der Waals surface area contributed by atoms with Crippen LogP contribution in [0.1, 0.15) is 11.4 Å². The third-order valence-electron chi connectivity index (χ3n) is 3.08. The van der Waals surface area contributed by atoms with Crippen molar-refractivity contribution in [3.63, 3.8) is 0 Å². The molecule has 0 saturated carbocycles. The minimum atomic E-state index is -0.302. The van der Waals surface area contributed by atoms with Crippen LogP contribution in [0.15, 0.2) is 42.5 Å². The second-order valence-electron chi connectivity index (χ2n) is 4.26. The standard InChI is InChI=1S/C15H9ClFN3/c16-8-14-19-15-10(9-18)2-1-3-13(15)20(14)12-6-4-11(17)5-7-12/h1-7H,8H2. The SMILES string of the molecule is N#Cc1cccc2c1nc(CCl)n2-c1ccc(F)cc1. The predicted molar refractivity (Wildman–Crippen MR) is 75.3 cm³/mol. The summed E-state index contributed by atoms with van der Waals surface area (Å²) in [4.78, 5) is 4.42. The molecule has 0 aliphatic carbocycles. The van der Waals surface area contributed by atoms with Crippen LogP contribution >= 0.6 is 11.6 Å². The normalized spacial score (nSPS) is 10.7. The van der Waals surface area contributed by atoms with E-state index in [0.717, 1.165) is 11.2 Å². The van der Waals surface area contributed by atoms with Crippen LogP contribution in [0.3, 0.4) is 0 Å². The van der Waals surface area contributed by atoms with Gasteiger partial charge in [-0.25, -0.2) is 9.37 Å². The summed E-state index contributed by atoms with van der Waals surface area (Å²) in [5.74, 6) is 0.524. The molecule has 0 spiro atoms. The number of nitrogens with zero attached hydrogens (tertiary/aromatic N) is 3. The molecule has 0 aliphatic heterocycles. The Hall–Kier alpha value is -2.38. The predicted octanol–water partition coefficient (Wildman–Crippen LogP) is 3.78. The lowest BCUT2D eigenvalue weighted by Gasteiger charge is -2.07. The summed E-state index contributed by atoms with van der Waals surface area (Å²) in [7, 11) is 0. The maximum absolute atomic E-state index is 13.0. The molecule has 0 atom stereocenters. The molecule has 0 unspecified atom stereocenters. The van der Waals surface area contributed by atoms with Crippen molar-refractivity contribution in [3.8, 4) is 11.8 Å². The van der Waals surface area contributed by atoms with Gasteiger partial charge in [-0.2, -0.15) is 5.26 Å². The molecule has 3 nitrogen and oxygen atoms in total. The molecule has 0 saturated heterocycles. The molecule has 0 fully saturated rings. The Morgan fingerprint density at radius 3 is 2.60 bits per heavy atom. The van der Waals surface area contributed by atoms with Crippen molar-refractivity contribution >= 4 is 22.6 Å². The monoisotopic (exact) mass is 285 g/mol. The zero-order valence-electron chi connectivity index (χ0n) is 10.3. The minimum Gasteiger partial charge on any atom is -0.295 e. The molecular formula is C15H9ClFN3. The van der Waals surface area contributed by atoms with Crippen molar-refractivity contribution < 1.29 is 4.39 Å². The van der Waals surface area contributed by atoms with Crippen LogP contribution in [-0.4, -0.2) is 9.55 Å². The van der Waals surface area contributed by atoms with Crippen LogP contribution in [-0.2, 0) is 5.88 Å². The number of hydrogen-bond acceptors (Lipinski definition) is 2. The average molecular weight is 286 g/mol. The molecule has 5 heteroatoms. The lowest BCUT2D eigenvalue weighted by atomic mass is 10.2. The van der Waals surface area contributed by atoms with Crippen LogP contribution in [0.2, 0.25) is 0 Å². The van der Waals surface area contributed by atoms with Gasteiger partial charge < -0.3 is 0 Å². The number of fused-ring (bicyclic) bond motifs is 1. The van der Waals surface area contributed by atoms with Crippen LogP contribution in [0.5, 0.6) is 0 Å². The second kappa shape index (κ2) is 4.95. The highest BCUT2D eigenvalue weighted by Gasteiger charge is 2.14. The first kappa shape index (κ1) is 12.6. The van der Waals surface area contributed by atoms with Crippen molar-refractivity contribution in [2.75, 3.05) is 0 Å². The molecule has 3 rings (SSSR count). The molecule has 0 radical (unpaired) electrons. The Kier molecular flexibility index (Phi) is 3.13. The van der Waals surface area contributed by atoms with E-state index in [1.54, 1.807) is 24.3 Å². The van der Waals surface area contributed by atoms with Gasteiger partial charge in [0.2, 0.25) is 0 Å². The quantitative estimate of drug-likeness (QED) is 0.673. The molecule has 1 heterocycles. The Balaban J connectivity index is 2.34. The first-order valence-corrected chi connectivity index (χ1v) is 6.50. The van der Waals surface area contributed by atoms with Gasteiger partial charge in [0.15, 0.2) is 0 Å². The van der Waals surface area contributed by atoms with Gasteiger partial charge in [-0.3, -0.25) is 4.57 Å². The molecule has 0 bridgehead atoms. The first-order chi connectivity index (χ1) is 9.74. The molecule has 0 amide bonds. The van der Waals surface area contributed by atoms with E-state index in [1.165, 1.54) is 12.1 Å². The molecule has 1 aromatic heterocycles. The fourth-order valence-electron chi connectivity index (χ4n) is 2.21. The summed E-state index contributed by atoms with van der Waals surface area (Å²) in [5, 5.41) is 9.13. The smallest absolute Gasteiger partial charge is 0.129 e. The minimum absolute atomic E-state index is 0.205. The maximum Gasteiger partial charge on any atom is 0.129 e. The van der Waals surface area contributed by atoms with Gasteiger partial charge in [0, 0.05) is 5.69 Å². The summed E-state index contributed by atoms with van der Waals surface area (Å²) >= 11 is 5.94. The second-order valence-corrected chi connectivity index (χ2v) is 4.53. The summed E-state index contributed by atoms with van der Waals surface area (Å²) in [6.07, 6.45) is 0. The number of aromatic nitrogens is 2. The van der Waals surface area contributed by atoms with Gasteiger partial charge in [-0.15, -0.1) is 11.6 Å². The third kappa shape index (κ3) is 1.93. The number of rotatable bonds is 2. The average Bonchev–Trinajstić information content (AvgIpc) is 2.86. The Labute approximate surface area is 119 Å². The van der Waals surface area contributed by atoms with E-state index < -0.39 is 0 Å². The summed E-state index contributed by atoms with van der Waals surface area (Å²) in [5.41, 5.74) is 2.65. The Morgan fingerprint density at radius 2 is 1.95 bits per heavy atom. The number of alkyl halides is 1. The van der Waals surface area contributed by atoms with E-state index >= 15 is 0 Å². The molecule has 0 aliphatic rings. The van der Waals surface area contributed by atoms with Gasteiger partial charge in [-0.05, 0) is 36.4 Å². The van der Waals surface area contributed by atoms with Crippen LogP contribution in [0.4, 0.5) is 4.39 Å². The fourth-order valence-corrected chi connectivity index (χ4v) is 2.38. The lowest BCUT2D eigenvalue weighted by Crippen LogP contribution is -1.99. The van der Waals surface area contributed by atoms with E-state index in [4.69, 9.17) is 16.9 Å². The number of hydrogen-bond donors (Lipinski definition) is 0. The molecule has 3 aromatic rings. The summed E-state index contributed by atoms with van der Waals surface area (Å²) < 4.78 is 14.9. The molecule has 2 aromatic carbocycles. The van der Waals surface area contributed by atoms with E-state index in [9.17, 15) is 4.39 Å². The maximum atomic E-state index is 13.0. The van der Waals surface area contributed by atoms with Crippen molar-refractivity contribution in [1.29, 1.82) is 5.26 Å². The van der Waals surface area contributed by atoms with Crippen molar-refractivity contribution in [2.45, 2.75) is 5.88 Å². The van der Waals surface area contributed by atoms with Crippen LogP contribution in [0, 0.1) is 17.1 Å². The fraction of sp³-hybridized carbons (Fsp3) is 0.0667. The highest BCUT2D eigenvalue weighted by Crippen LogP contribution is 2.25. The van der Waals surface area contributed by atoms with Crippen molar-refractivity contribution in [2.24, 2.45) is 0 Å². The van der Waals surface area contributed by atoms with E-state index in [2.05, 4.69) is 11.1 Å². The first-order valence-electron chi connectivity index (χ1n) is 5.97. The zero-order chi connectivity index (χ0) is 14.1. The van der Waals surface area contributed by atoms with Crippen molar-refractivity contribution in [1.82, 2.24) is 9.55 Å². The Morgan fingerprint density at radius 1 is 1.20 bits per heavy atom. The highest BCUT2D eigenvalue weighted by atomic mass is 35.5. The van der Waals surface area contributed by atoms with Crippen LogP contribution in [0.25, 0.3) is 16.7 Å². The largest absolute Gasteiger partial charge is 0.295 e. The van der Waals surface area contributed by atoms with E-state index in [1.807, 2.05) is 10.6 Å².